The first-order valence-electron chi connectivity index (χ1n) is 9.52. The third-order valence-electron chi connectivity index (χ3n) is 6.55. The molecule has 2 N–H and O–H groups in total. The number of rotatable bonds is 2. The molecule has 1 aromatic carbocycles. The van der Waals surface area contributed by atoms with E-state index in [0.717, 1.165) is 18.1 Å². The van der Waals surface area contributed by atoms with E-state index in [-0.39, 0.29) is 30.1 Å². The molecule has 2 heterocycles. The van der Waals surface area contributed by atoms with Gasteiger partial charge in [0.1, 0.15) is 5.82 Å². The largest absolute Gasteiger partial charge is 0.459 e. The van der Waals surface area contributed by atoms with Crippen molar-refractivity contribution in [3.05, 3.63) is 34.6 Å². The molecule has 28 heavy (non-hydrogen) atoms. The third-order valence-corrected chi connectivity index (χ3v) is 6.55. The van der Waals surface area contributed by atoms with Gasteiger partial charge < -0.3 is 0 Å². The number of halogens is 4. The van der Waals surface area contributed by atoms with E-state index >= 15 is 0 Å². The van der Waals surface area contributed by atoms with Crippen LogP contribution in [0.15, 0.2) is 12.1 Å². The van der Waals surface area contributed by atoms with Gasteiger partial charge in [0.25, 0.3) is 5.91 Å². The number of likely N-dealkylation sites (tertiary alicyclic amines) is 1. The number of nitrogens with zero attached hydrogens (tertiary/aromatic N) is 2. The number of fused-ring (bicyclic) bond motifs is 1. The van der Waals surface area contributed by atoms with Gasteiger partial charge in [0.2, 0.25) is 0 Å². The van der Waals surface area contributed by atoms with Crippen LogP contribution in [-0.4, -0.2) is 52.9 Å². The Labute approximate surface area is 160 Å². The predicted octanol–water partition coefficient (Wildman–Crippen LogP) is 3.07. The lowest BCUT2D eigenvalue weighted by atomic mass is 9.60. The summed E-state index contributed by atoms with van der Waals surface area (Å²) in [6.45, 7) is 1.21. The van der Waals surface area contributed by atoms with Crippen molar-refractivity contribution in [1.29, 1.82) is 0 Å². The molecule has 9 heteroatoms. The zero-order valence-electron chi connectivity index (χ0n) is 15.4. The highest BCUT2D eigenvalue weighted by Crippen LogP contribution is 2.51. The molecular formula is C19H23F4N3O2. The fourth-order valence-corrected chi connectivity index (χ4v) is 5.10. The molecule has 1 aromatic rings. The van der Waals surface area contributed by atoms with Crippen LogP contribution in [-0.2, 0) is 13.0 Å². The number of benzene rings is 1. The highest BCUT2D eigenvalue weighted by atomic mass is 19.4. The number of hydrogen-bond donors (Lipinski definition) is 2. The molecule has 3 aliphatic rings. The molecule has 0 unspecified atom stereocenters. The summed E-state index contributed by atoms with van der Waals surface area (Å²) in [6, 6.07) is 2.87. The number of hydrogen-bond acceptors (Lipinski definition) is 4. The average molecular weight is 401 g/mol. The van der Waals surface area contributed by atoms with Crippen molar-refractivity contribution >= 4 is 5.91 Å². The number of piperidine rings is 1. The van der Waals surface area contributed by atoms with E-state index in [9.17, 15) is 22.4 Å². The predicted molar refractivity (Wildman–Crippen MR) is 92.1 cm³/mol. The van der Waals surface area contributed by atoms with Gasteiger partial charge in [0, 0.05) is 43.3 Å². The number of carbonyl (C=O) groups excluding carboxylic acids is 1. The Morgan fingerprint density at radius 1 is 1.25 bits per heavy atom. The molecular weight excluding hydrogens is 378 g/mol. The lowest BCUT2D eigenvalue weighted by Gasteiger charge is -2.56. The van der Waals surface area contributed by atoms with Gasteiger partial charge in [-0.1, -0.05) is 0 Å². The smallest absolute Gasteiger partial charge is 0.296 e. The van der Waals surface area contributed by atoms with Crippen LogP contribution in [0.1, 0.15) is 47.2 Å². The first-order chi connectivity index (χ1) is 13.2. The molecule has 1 spiro atoms. The van der Waals surface area contributed by atoms with Gasteiger partial charge >= 0.3 is 6.30 Å². The molecule has 0 bridgehead atoms. The second-order valence-corrected chi connectivity index (χ2v) is 8.31. The maximum atomic E-state index is 14.5. The summed E-state index contributed by atoms with van der Waals surface area (Å²) in [4.78, 5) is 14.3. The first kappa shape index (κ1) is 19.6. The molecule has 1 aliphatic carbocycles. The summed E-state index contributed by atoms with van der Waals surface area (Å²) in [7, 11) is 0. The molecule has 1 saturated heterocycles. The summed E-state index contributed by atoms with van der Waals surface area (Å²) >= 11 is 0. The van der Waals surface area contributed by atoms with E-state index in [2.05, 4.69) is 4.90 Å². The SMILES string of the molecule is O=C(NO)c1cc(F)c2c(c1)CCN(C1CC3(CCCN(C(F)(F)F)C3)C1)C2. The fourth-order valence-electron chi connectivity index (χ4n) is 5.10. The van der Waals surface area contributed by atoms with Crippen molar-refractivity contribution in [2.24, 2.45) is 5.41 Å². The van der Waals surface area contributed by atoms with E-state index in [1.54, 1.807) is 6.07 Å². The first-order valence-corrected chi connectivity index (χ1v) is 9.52. The quantitative estimate of drug-likeness (QED) is 0.346. The minimum Gasteiger partial charge on any atom is -0.296 e. The lowest BCUT2D eigenvalue weighted by molar-refractivity contribution is -0.266. The van der Waals surface area contributed by atoms with Gasteiger partial charge in [-0.25, -0.2) is 14.8 Å². The van der Waals surface area contributed by atoms with E-state index in [0.29, 0.717) is 49.2 Å². The fraction of sp³-hybridized carbons (Fsp3) is 0.632. The average Bonchev–Trinajstić information content (AvgIpc) is 2.64. The van der Waals surface area contributed by atoms with Crippen LogP contribution in [0.3, 0.4) is 0 Å². The van der Waals surface area contributed by atoms with E-state index in [1.807, 2.05) is 0 Å². The van der Waals surface area contributed by atoms with E-state index < -0.39 is 18.0 Å². The highest BCUT2D eigenvalue weighted by Gasteiger charge is 2.52. The van der Waals surface area contributed by atoms with Crippen LogP contribution in [0, 0.1) is 11.2 Å². The molecule has 1 saturated carbocycles. The number of carbonyl (C=O) groups is 1. The maximum Gasteiger partial charge on any atom is 0.459 e. The monoisotopic (exact) mass is 401 g/mol. The second-order valence-electron chi connectivity index (χ2n) is 8.31. The topological polar surface area (TPSA) is 55.8 Å². The molecule has 4 rings (SSSR count). The number of nitrogens with one attached hydrogen (secondary N) is 1. The minimum absolute atomic E-state index is 0.0609. The Morgan fingerprint density at radius 3 is 2.68 bits per heavy atom. The lowest BCUT2D eigenvalue weighted by Crippen LogP contribution is -2.59. The van der Waals surface area contributed by atoms with Crippen LogP contribution in [0.25, 0.3) is 0 Å². The summed E-state index contributed by atoms with van der Waals surface area (Å²) in [6.07, 6.45) is -0.918. The molecule has 2 aliphatic heterocycles. The Morgan fingerprint density at radius 2 is 2.00 bits per heavy atom. The molecule has 154 valence electrons. The zero-order chi connectivity index (χ0) is 20.1. The molecule has 0 atom stereocenters. The van der Waals surface area contributed by atoms with Crippen molar-refractivity contribution in [1.82, 2.24) is 15.3 Å². The Kier molecular flexibility index (Phi) is 4.87. The molecule has 1 amide bonds. The van der Waals surface area contributed by atoms with Gasteiger partial charge in [0.15, 0.2) is 0 Å². The van der Waals surface area contributed by atoms with Crippen molar-refractivity contribution in [3.8, 4) is 0 Å². The van der Waals surface area contributed by atoms with Gasteiger partial charge in [-0.3, -0.25) is 14.9 Å². The van der Waals surface area contributed by atoms with Crippen LogP contribution in [0.5, 0.6) is 0 Å². The van der Waals surface area contributed by atoms with Crippen molar-refractivity contribution in [2.75, 3.05) is 19.6 Å². The summed E-state index contributed by atoms with van der Waals surface area (Å²) in [5.74, 6) is -1.24. The van der Waals surface area contributed by atoms with Gasteiger partial charge in [-0.05, 0) is 55.2 Å². The Hall–Kier alpha value is -1.71. The van der Waals surface area contributed by atoms with Gasteiger partial charge in [-0.2, -0.15) is 13.2 Å². The van der Waals surface area contributed by atoms with Crippen LogP contribution in [0.2, 0.25) is 0 Å². The standard InChI is InChI=1S/C19H23F4N3O2/c20-16-7-13(17(27)24-28)6-12-2-5-25(10-15(12)16)14-8-18(9-14)3-1-4-26(11-18)19(21,22)23/h6-7,14,28H,1-5,8-11H2,(H,24,27). The molecule has 5 nitrogen and oxygen atoms in total. The zero-order valence-corrected chi connectivity index (χ0v) is 15.4. The van der Waals surface area contributed by atoms with Crippen LogP contribution < -0.4 is 5.48 Å². The van der Waals surface area contributed by atoms with Crippen molar-refractivity contribution in [2.45, 2.75) is 51.0 Å². The molecule has 0 radical (unpaired) electrons. The normalized spacial score (nSPS) is 28.7. The van der Waals surface area contributed by atoms with Crippen LogP contribution >= 0.6 is 0 Å². The van der Waals surface area contributed by atoms with Crippen LogP contribution in [0.4, 0.5) is 17.6 Å². The third kappa shape index (κ3) is 3.51. The molecule has 2 fully saturated rings. The summed E-state index contributed by atoms with van der Waals surface area (Å²) < 4.78 is 53.7. The molecule has 0 aromatic heterocycles. The van der Waals surface area contributed by atoms with E-state index in [1.165, 1.54) is 5.48 Å². The van der Waals surface area contributed by atoms with E-state index in [4.69, 9.17) is 5.21 Å². The Balaban J connectivity index is 1.42. The van der Waals surface area contributed by atoms with Gasteiger partial charge in [0.05, 0.1) is 0 Å². The van der Waals surface area contributed by atoms with Gasteiger partial charge in [-0.15, -0.1) is 0 Å². The summed E-state index contributed by atoms with van der Waals surface area (Å²) in [5, 5.41) is 8.72. The second kappa shape index (κ2) is 6.96. The Bertz CT molecular complexity index is 777. The van der Waals surface area contributed by atoms with Crippen molar-refractivity contribution in [3.63, 3.8) is 0 Å². The highest BCUT2D eigenvalue weighted by molar-refractivity contribution is 5.93. The summed E-state index contributed by atoms with van der Waals surface area (Å²) in [5.41, 5.74) is 2.57. The minimum atomic E-state index is -4.27. The number of hydroxylamine groups is 1. The number of amides is 1. The number of alkyl halides is 3. The maximum absolute atomic E-state index is 14.5. The van der Waals surface area contributed by atoms with Crippen molar-refractivity contribution < 1.29 is 27.6 Å².